The van der Waals surface area contributed by atoms with Crippen LogP contribution in [0, 0.1) is 10.1 Å². The first-order chi connectivity index (χ1) is 9.38. The van der Waals surface area contributed by atoms with E-state index in [-0.39, 0.29) is 32.3 Å². The second kappa shape index (κ2) is 6.10. The number of nitrogens with zero attached hydrogens (tertiary/aromatic N) is 1. The van der Waals surface area contributed by atoms with Crippen molar-refractivity contribution >= 4 is 53.1 Å². The number of thiol groups is 1. The van der Waals surface area contributed by atoms with Crippen LogP contribution in [0.2, 0.25) is 15.1 Å². The van der Waals surface area contributed by atoms with Crippen LogP contribution >= 0.6 is 47.4 Å². The van der Waals surface area contributed by atoms with Gasteiger partial charge in [-0.15, -0.1) is 12.6 Å². The average Bonchev–Trinajstić information content (AvgIpc) is 2.34. The fraction of sp³-hybridized carbons (Fsp3) is 0. The van der Waals surface area contributed by atoms with Crippen molar-refractivity contribution in [2.45, 2.75) is 4.90 Å². The summed E-state index contributed by atoms with van der Waals surface area (Å²) in [7, 11) is 0. The van der Waals surface area contributed by atoms with Crippen molar-refractivity contribution < 1.29 is 9.66 Å². The Morgan fingerprint density at radius 3 is 2.15 bits per heavy atom. The van der Waals surface area contributed by atoms with Gasteiger partial charge in [-0.3, -0.25) is 10.1 Å². The second-order valence-electron chi connectivity index (χ2n) is 3.71. The van der Waals surface area contributed by atoms with E-state index in [1.165, 1.54) is 18.2 Å². The van der Waals surface area contributed by atoms with Crippen molar-refractivity contribution in [1.29, 1.82) is 0 Å². The summed E-state index contributed by atoms with van der Waals surface area (Å²) in [4.78, 5) is 10.7. The van der Waals surface area contributed by atoms with Gasteiger partial charge in [-0.1, -0.05) is 34.8 Å². The monoisotopic (exact) mass is 349 g/mol. The van der Waals surface area contributed by atoms with Crippen LogP contribution in [-0.2, 0) is 0 Å². The molecule has 0 fully saturated rings. The highest BCUT2D eigenvalue weighted by Gasteiger charge is 2.14. The quantitative estimate of drug-likeness (QED) is 0.443. The molecule has 0 atom stereocenters. The molecule has 2 aromatic carbocycles. The highest BCUT2D eigenvalue weighted by Crippen LogP contribution is 2.40. The largest absolute Gasteiger partial charge is 0.453 e. The fourth-order valence-electron chi connectivity index (χ4n) is 1.44. The Kier molecular flexibility index (Phi) is 4.65. The van der Waals surface area contributed by atoms with Gasteiger partial charge in [0.2, 0.25) is 0 Å². The summed E-state index contributed by atoms with van der Waals surface area (Å²) in [5, 5.41) is 11.2. The maximum absolute atomic E-state index is 10.6. The molecule has 20 heavy (non-hydrogen) atoms. The van der Waals surface area contributed by atoms with Gasteiger partial charge >= 0.3 is 0 Å². The number of nitro groups is 1. The molecule has 8 heteroatoms. The van der Waals surface area contributed by atoms with Crippen LogP contribution in [0.15, 0.2) is 35.2 Å². The Labute approximate surface area is 134 Å². The first-order valence-corrected chi connectivity index (χ1v) is 6.76. The lowest BCUT2D eigenvalue weighted by Crippen LogP contribution is -1.91. The molecule has 0 N–H and O–H groups in total. The molecule has 0 saturated heterocycles. The fourth-order valence-corrected chi connectivity index (χ4v) is 2.63. The Balaban J connectivity index is 2.38. The van der Waals surface area contributed by atoms with E-state index < -0.39 is 4.92 Å². The zero-order chi connectivity index (χ0) is 14.9. The lowest BCUT2D eigenvalue weighted by molar-refractivity contribution is -0.384. The molecular weight excluding hydrogens is 345 g/mol. The van der Waals surface area contributed by atoms with Gasteiger partial charge in [0.05, 0.1) is 20.0 Å². The van der Waals surface area contributed by atoms with Crippen LogP contribution < -0.4 is 4.74 Å². The molecular formula is C12H6Cl3NO3S. The SMILES string of the molecule is O=[N+]([O-])c1ccc(Oc2c(Cl)cc(S)cc2Cl)c(Cl)c1. The summed E-state index contributed by atoms with van der Waals surface area (Å²) in [6.45, 7) is 0. The molecule has 0 aliphatic carbocycles. The third-order valence-corrected chi connectivity index (χ3v) is 3.44. The highest BCUT2D eigenvalue weighted by atomic mass is 35.5. The Morgan fingerprint density at radius 2 is 1.65 bits per heavy atom. The number of hydrogen-bond donors (Lipinski definition) is 1. The first kappa shape index (κ1) is 15.3. The van der Waals surface area contributed by atoms with E-state index in [9.17, 15) is 10.1 Å². The van der Waals surface area contributed by atoms with E-state index >= 15 is 0 Å². The zero-order valence-electron chi connectivity index (χ0n) is 9.64. The Hall–Kier alpha value is -1.14. The van der Waals surface area contributed by atoms with Crippen molar-refractivity contribution in [3.63, 3.8) is 0 Å². The van der Waals surface area contributed by atoms with Crippen molar-refractivity contribution in [1.82, 2.24) is 0 Å². The normalized spacial score (nSPS) is 10.4. The zero-order valence-corrected chi connectivity index (χ0v) is 12.8. The molecule has 0 spiro atoms. The summed E-state index contributed by atoms with van der Waals surface area (Å²) in [5.41, 5.74) is -0.134. The average molecular weight is 351 g/mol. The van der Waals surface area contributed by atoms with Crippen LogP contribution in [0.1, 0.15) is 0 Å². The summed E-state index contributed by atoms with van der Waals surface area (Å²) in [6.07, 6.45) is 0. The number of nitro benzene ring substituents is 1. The van der Waals surface area contributed by atoms with Gasteiger partial charge in [0.25, 0.3) is 5.69 Å². The van der Waals surface area contributed by atoms with Gasteiger partial charge in [-0.2, -0.15) is 0 Å². The minimum atomic E-state index is -0.550. The third kappa shape index (κ3) is 3.30. The molecule has 0 aliphatic heterocycles. The standard InChI is InChI=1S/C12H6Cl3NO3S/c13-8-3-6(16(17)18)1-2-11(8)19-12-9(14)4-7(20)5-10(12)15/h1-5,20H. The Bertz CT molecular complexity index is 671. The van der Waals surface area contributed by atoms with E-state index in [1.54, 1.807) is 12.1 Å². The minimum absolute atomic E-state index is 0.0845. The first-order valence-electron chi connectivity index (χ1n) is 5.18. The summed E-state index contributed by atoms with van der Waals surface area (Å²) >= 11 is 22.1. The molecule has 0 amide bonds. The molecule has 0 radical (unpaired) electrons. The second-order valence-corrected chi connectivity index (χ2v) is 5.45. The van der Waals surface area contributed by atoms with Crippen molar-refractivity contribution in [3.05, 3.63) is 55.5 Å². The number of ether oxygens (including phenoxy) is 1. The topological polar surface area (TPSA) is 52.4 Å². The van der Waals surface area contributed by atoms with Crippen LogP contribution in [0.25, 0.3) is 0 Å². The highest BCUT2D eigenvalue weighted by molar-refractivity contribution is 7.80. The lowest BCUT2D eigenvalue weighted by Gasteiger charge is -2.11. The van der Waals surface area contributed by atoms with Crippen LogP contribution in [0.5, 0.6) is 11.5 Å². The van der Waals surface area contributed by atoms with Gasteiger partial charge in [0.1, 0.15) is 5.75 Å². The van der Waals surface area contributed by atoms with Gasteiger partial charge in [0.15, 0.2) is 5.75 Å². The number of rotatable bonds is 3. The molecule has 0 unspecified atom stereocenters. The smallest absolute Gasteiger partial charge is 0.271 e. The molecule has 0 aliphatic rings. The van der Waals surface area contributed by atoms with Crippen molar-refractivity contribution in [3.8, 4) is 11.5 Å². The van der Waals surface area contributed by atoms with Crippen molar-refractivity contribution in [2.75, 3.05) is 0 Å². The van der Waals surface area contributed by atoms with Gasteiger partial charge in [-0.25, -0.2) is 0 Å². The van der Waals surface area contributed by atoms with Crippen molar-refractivity contribution in [2.24, 2.45) is 0 Å². The third-order valence-electron chi connectivity index (χ3n) is 2.32. The summed E-state index contributed by atoms with van der Waals surface area (Å²) in [6, 6.07) is 6.96. The maximum atomic E-state index is 10.6. The number of halogens is 3. The molecule has 0 aromatic heterocycles. The predicted molar refractivity (Wildman–Crippen MR) is 81.9 cm³/mol. The van der Waals surface area contributed by atoms with Gasteiger partial charge in [0, 0.05) is 17.0 Å². The predicted octanol–water partition coefficient (Wildman–Crippen LogP) is 5.64. The van der Waals surface area contributed by atoms with E-state index in [1.807, 2.05) is 0 Å². The molecule has 4 nitrogen and oxygen atoms in total. The van der Waals surface area contributed by atoms with E-state index in [4.69, 9.17) is 39.5 Å². The number of non-ortho nitro benzene ring substituents is 1. The molecule has 0 bridgehead atoms. The summed E-state index contributed by atoms with van der Waals surface area (Å²) < 4.78 is 5.51. The lowest BCUT2D eigenvalue weighted by atomic mass is 10.3. The molecule has 2 rings (SSSR count). The van der Waals surface area contributed by atoms with Gasteiger partial charge < -0.3 is 4.74 Å². The van der Waals surface area contributed by atoms with E-state index in [2.05, 4.69) is 12.6 Å². The van der Waals surface area contributed by atoms with Gasteiger partial charge in [-0.05, 0) is 18.2 Å². The minimum Gasteiger partial charge on any atom is -0.453 e. The molecule has 104 valence electrons. The Morgan fingerprint density at radius 1 is 1.05 bits per heavy atom. The van der Waals surface area contributed by atoms with Crippen LogP contribution in [0.3, 0.4) is 0 Å². The molecule has 2 aromatic rings. The summed E-state index contributed by atoms with van der Waals surface area (Å²) in [5.74, 6) is 0.426. The van der Waals surface area contributed by atoms with E-state index in [0.29, 0.717) is 4.90 Å². The van der Waals surface area contributed by atoms with Crippen LogP contribution in [-0.4, -0.2) is 4.92 Å². The number of benzene rings is 2. The van der Waals surface area contributed by atoms with E-state index in [0.717, 1.165) is 0 Å². The van der Waals surface area contributed by atoms with Crippen LogP contribution in [0.4, 0.5) is 5.69 Å². The molecule has 0 heterocycles. The molecule has 0 saturated carbocycles. The maximum Gasteiger partial charge on any atom is 0.271 e. The number of hydrogen-bond acceptors (Lipinski definition) is 4.